The first-order valence-corrected chi connectivity index (χ1v) is 19.3. The summed E-state index contributed by atoms with van der Waals surface area (Å²) < 4.78 is 25.8. The van der Waals surface area contributed by atoms with Crippen molar-refractivity contribution in [2.24, 2.45) is 5.92 Å². The lowest BCUT2D eigenvalue weighted by Gasteiger charge is -2.30. The number of alkyl carbamates (subject to hydrolysis) is 1. The van der Waals surface area contributed by atoms with Crippen LogP contribution in [0.15, 0.2) is 30.4 Å². The van der Waals surface area contributed by atoms with Crippen molar-refractivity contribution in [3.05, 3.63) is 47.3 Å². The molecule has 2 saturated heterocycles. The first-order valence-electron chi connectivity index (χ1n) is 19.3. The van der Waals surface area contributed by atoms with E-state index in [0.29, 0.717) is 36.9 Å². The second-order valence-corrected chi connectivity index (χ2v) is 16.2. The number of likely N-dealkylation sites (tertiary alicyclic amines) is 1. The van der Waals surface area contributed by atoms with Crippen LogP contribution in [-0.2, 0) is 36.9 Å². The fourth-order valence-corrected chi connectivity index (χ4v) is 8.01. The van der Waals surface area contributed by atoms with Gasteiger partial charge >= 0.3 is 12.2 Å². The third-order valence-electron chi connectivity index (χ3n) is 10.9. The molecule has 1 aromatic rings. The molecule has 1 aliphatic carbocycles. The molecule has 3 N–H and O–H groups in total. The number of ether oxygens (including phenoxy) is 2. The van der Waals surface area contributed by atoms with E-state index < -0.39 is 59.1 Å². The maximum absolute atomic E-state index is 14.4. The lowest BCUT2D eigenvalue weighted by Crippen LogP contribution is -2.58. The highest BCUT2D eigenvalue weighted by molar-refractivity contribution is 5.98. The molecule has 3 fully saturated rings. The number of hydrogen-bond donors (Lipinski definition) is 3. The molecular weight excluding hydrogens is 683 g/mol. The molecule has 0 unspecified atom stereocenters. The Bertz CT molecular complexity index is 1580. The number of nitrogens with zero attached hydrogens (tertiary/aromatic N) is 3. The van der Waals surface area contributed by atoms with Gasteiger partial charge in [0.05, 0.1) is 13.1 Å². The van der Waals surface area contributed by atoms with Gasteiger partial charge in [-0.25, -0.2) is 14.0 Å². The van der Waals surface area contributed by atoms with Gasteiger partial charge in [-0.2, -0.15) is 0 Å². The zero-order chi connectivity index (χ0) is 37.8. The van der Waals surface area contributed by atoms with Crippen LogP contribution >= 0.6 is 0 Å². The fourth-order valence-electron chi connectivity index (χ4n) is 8.01. The largest absolute Gasteiger partial charge is 0.444 e. The molecular formula is C39H55FN6O7. The van der Waals surface area contributed by atoms with Gasteiger partial charge in [0.15, 0.2) is 0 Å². The second-order valence-electron chi connectivity index (χ2n) is 16.2. The molecule has 53 heavy (non-hydrogen) atoms. The van der Waals surface area contributed by atoms with E-state index in [-0.39, 0.29) is 37.9 Å². The molecule has 0 radical (unpaired) electrons. The zero-order valence-corrected chi connectivity index (χ0v) is 31.3. The third kappa shape index (κ3) is 9.49. The van der Waals surface area contributed by atoms with Gasteiger partial charge < -0.3 is 35.2 Å². The van der Waals surface area contributed by atoms with Crippen LogP contribution in [0.1, 0.15) is 96.1 Å². The van der Waals surface area contributed by atoms with Crippen molar-refractivity contribution in [3.63, 3.8) is 0 Å². The fraction of sp³-hybridized carbons (Fsp3) is 0.667. The molecule has 1 saturated carbocycles. The third-order valence-corrected chi connectivity index (χ3v) is 10.9. The summed E-state index contributed by atoms with van der Waals surface area (Å²) in [4.78, 5) is 73.9. The zero-order valence-electron chi connectivity index (χ0n) is 31.3. The maximum atomic E-state index is 14.4. The van der Waals surface area contributed by atoms with Gasteiger partial charge in [-0.15, -0.1) is 0 Å². The predicted octanol–water partition coefficient (Wildman–Crippen LogP) is 4.14. The number of halogens is 1. The number of amides is 5. The number of benzene rings is 1. The van der Waals surface area contributed by atoms with Crippen molar-refractivity contribution in [3.8, 4) is 0 Å². The Morgan fingerprint density at radius 3 is 2.57 bits per heavy atom. The number of rotatable bonds is 6. The molecule has 4 heterocycles. The number of nitrogens with one attached hydrogen (secondary N) is 3. The summed E-state index contributed by atoms with van der Waals surface area (Å²) in [6, 6.07) is 2.64. The first-order chi connectivity index (χ1) is 25.3. The van der Waals surface area contributed by atoms with Gasteiger partial charge in [0.2, 0.25) is 17.7 Å². The van der Waals surface area contributed by atoms with Crippen LogP contribution in [0.4, 0.5) is 14.0 Å². The molecule has 290 valence electrons. The molecule has 5 amide bonds. The van der Waals surface area contributed by atoms with E-state index in [1.165, 1.54) is 22.3 Å². The molecule has 0 spiro atoms. The number of fused-ring (bicyclic) bond motifs is 3. The van der Waals surface area contributed by atoms with Crippen molar-refractivity contribution in [2.75, 3.05) is 32.7 Å². The van der Waals surface area contributed by atoms with E-state index in [2.05, 4.69) is 26.9 Å². The molecule has 5 aliphatic rings. The van der Waals surface area contributed by atoms with Gasteiger partial charge in [0, 0.05) is 37.5 Å². The molecule has 0 bridgehead atoms. The van der Waals surface area contributed by atoms with Crippen LogP contribution in [0.3, 0.4) is 0 Å². The Morgan fingerprint density at radius 1 is 1.04 bits per heavy atom. The van der Waals surface area contributed by atoms with Gasteiger partial charge in [-0.3, -0.25) is 19.3 Å². The lowest BCUT2D eigenvalue weighted by molar-refractivity contribution is -0.141. The summed E-state index contributed by atoms with van der Waals surface area (Å²) in [6.07, 6.45) is 9.11. The van der Waals surface area contributed by atoms with Crippen LogP contribution in [0, 0.1) is 11.7 Å². The molecule has 14 heteroatoms. The molecule has 1 aromatic carbocycles. The Hall–Kier alpha value is -4.20. The number of carbonyl (C=O) groups is 5. The van der Waals surface area contributed by atoms with Crippen LogP contribution in [0.25, 0.3) is 0 Å². The molecule has 13 nitrogen and oxygen atoms in total. The highest BCUT2D eigenvalue weighted by Crippen LogP contribution is 2.45. The number of hydrogen-bond acceptors (Lipinski definition) is 8. The minimum atomic E-state index is -1.17. The average molecular weight is 739 g/mol. The number of carbonyl (C=O) groups excluding carboxylic acids is 5. The predicted molar refractivity (Wildman–Crippen MR) is 194 cm³/mol. The van der Waals surface area contributed by atoms with E-state index in [0.717, 1.165) is 51.7 Å². The smallest absolute Gasteiger partial charge is 0.410 e. The number of piperidine rings is 1. The minimum Gasteiger partial charge on any atom is -0.444 e. The van der Waals surface area contributed by atoms with Crippen molar-refractivity contribution in [1.82, 2.24) is 30.7 Å². The summed E-state index contributed by atoms with van der Waals surface area (Å²) >= 11 is 0. The SMILES string of the molecule is CC(C)(C)OC(=O)N[C@H]1CCCCC/C=C\[C@H]2C[C@@]2(C(=O)NCCN2CCCCC2)NC(=O)[C@@H]2C[C@@H](OC(=O)N3Cc4cccc(F)c4C3)CN2C1=O. The van der Waals surface area contributed by atoms with Gasteiger partial charge in [0.1, 0.15) is 35.1 Å². The maximum Gasteiger partial charge on any atom is 0.410 e. The van der Waals surface area contributed by atoms with Crippen LogP contribution in [-0.4, -0.2) is 107 Å². The molecule has 5 atom stereocenters. The number of allylic oxidation sites excluding steroid dienone is 1. The normalized spacial score (nSPS) is 28.7. The quantitative estimate of drug-likeness (QED) is 0.369. The van der Waals surface area contributed by atoms with Crippen LogP contribution < -0.4 is 16.0 Å². The topological polar surface area (TPSA) is 150 Å². The van der Waals surface area contributed by atoms with E-state index in [9.17, 15) is 28.4 Å². The molecule has 6 rings (SSSR count). The van der Waals surface area contributed by atoms with Crippen molar-refractivity contribution < 1.29 is 37.8 Å². The monoisotopic (exact) mass is 738 g/mol. The summed E-state index contributed by atoms with van der Waals surface area (Å²) in [7, 11) is 0. The Morgan fingerprint density at radius 2 is 1.81 bits per heavy atom. The Labute approximate surface area is 311 Å². The summed E-state index contributed by atoms with van der Waals surface area (Å²) in [6.45, 7) is 8.53. The van der Waals surface area contributed by atoms with E-state index >= 15 is 0 Å². The Balaban J connectivity index is 1.21. The minimum absolute atomic E-state index is 0.00914. The lowest BCUT2D eigenvalue weighted by atomic mass is 10.0. The van der Waals surface area contributed by atoms with Crippen LogP contribution in [0.2, 0.25) is 0 Å². The van der Waals surface area contributed by atoms with Crippen LogP contribution in [0.5, 0.6) is 0 Å². The second kappa shape index (κ2) is 16.4. The van der Waals surface area contributed by atoms with E-state index in [1.54, 1.807) is 32.9 Å². The standard InChI is InChI=1S/C39H55FN6O7/c1-38(2,3)53-36(50)42-31-16-9-6-4-5-8-14-27-22-39(27,35(49)41-17-20-44-18-10-7-11-19-44)43-33(47)32-21-28(24-46(32)34(31)48)52-37(51)45-23-26-13-12-15-30(40)29(26)25-45/h8,12-15,27-28,31-32H,4-7,9-11,16-25H2,1-3H3,(H,41,49)(H,42,50)(H,43,47)/b14-8-/t27-,28+,31-,32-,39+/m0/s1. The Kier molecular flexibility index (Phi) is 11.9. The molecule has 4 aliphatic heterocycles. The highest BCUT2D eigenvalue weighted by atomic mass is 19.1. The van der Waals surface area contributed by atoms with Crippen molar-refractivity contribution in [1.29, 1.82) is 0 Å². The van der Waals surface area contributed by atoms with Gasteiger partial charge in [-0.1, -0.05) is 43.5 Å². The molecule has 0 aromatic heterocycles. The summed E-state index contributed by atoms with van der Waals surface area (Å²) in [5, 5.41) is 8.84. The summed E-state index contributed by atoms with van der Waals surface area (Å²) in [5.41, 5.74) is -0.838. The van der Waals surface area contributed by atoms with Gasteiger partial charge in [-0.05, 0) is 84.0 Å². The summed E-state index contributed by atoms with van der Waals surface area (Å²) in [5.74, 6) is -1.88. The first kappa shape index (κ1) is 38.5. The highest BCUT2D eigenvalue weighted by Gasteiger charge is 2.61. The van der Waals surface area contributed by atoms with E-state index in [1.807, 2.05) is 6.08 Å². The van der Waals surface area contributed by atoms with Crippen molar-refractivity contribution >= 4 is 29.9 Å². The van der Waals surface area contributed by atoms with Crippen molar-refractivity contribution in [2.45, 2.75) is 127 Å². The average Bonchev–Trinajstić information content (AvgIpc) is 3.40. The van der Waals surface area contributed by atoms with E-state index in [4.69, 9.17) is 9.47 Å². The van der Waals surface area contributed by atoms with Gasteiger partial charge in [0.25, 0.3) is 0 Å².